The molecule has 0 fully saturated rings. The van der Waals surface area contributed by atoms with Gasteiger partial charge in [-0.25, -0.2) is 18.1 Å². The number of fused-ring (bicyclic) bond motifs is 1. The van der Waals surface area contributed by atoms with E-state index in [4.69, 9.17) is 0 Å². The van der Waals surface area contributed by atoms with Crippen LogP contribution in [0, 0.1) is 11.3 Å². The van der Waals surface area contributed by atoms with Crippen molar-refractivity contribution in [3.05, 3.63) is 59.7 Å². The second-order valence-electron chi connectivity index (χ2n) is 5.49. The van der Waals surface area contributed by atoms with Crippen LogP contribution >= 0.6 is 11.3 Å². The number of para-hydroxylation sites is 1. The molecule has 2 aromatic carbocycles. The number of nitrogens with one attached hydrogen (secondary N) is 2. The Morgan fingerprint density at radius 3 is 2.52 bits per heavy atom. The molecule has 1 heterocycles. The summed E-state index contributed by atoms with van der Waals surface area (Å²) in [4.78, 5) is 15.4. The average Bonchev–Trinajstić information content (AvgIpc) is 3.05. The lowest BCUT2D eigenvalue weighted by molar-refractivity contribution is -0.117. The lowest BCUT2D eigenvalue weighted by Gasteiger charge is -2.06. The maximum absolute atomic E-state index is 11.9. The van der Waals surface area contributed by atoms with Crippen LogP contribution in [0.3, 0.4) is 0 Å². The third-order valence-electron chi connectivity index (χ3n) is 3.47. The van der Waals surface area contributed by atoms with Gasteiger partial charge in [-0.2, -0.15) is 5.26 Å². The Hall–Kier alpha value is -3.22. The summed E-state index contributed by atoms with van der Waals surface area (Å²) in [5.74, 6) is -0.658. The van der Waals surface area contributed by atoms with Crippen LogP contribution in [0.2, 0.25) is 0 Å². The summed E-state index contributed by atoms with van der Waals surface area (Å²) >= 11 is 1.42. The molecule has 27 heavy (non-hydrogen) atoms. The Morgan fingerprint density at radius 2 is 1.89 bits per heavy atom. The molecule has 0 saturated carbocycles. The number of carbonyl (C=O) groups is 1. The van der Waals surface area contributed by atoms with Crippen molar-refractivity contribution in [1.29, 1.82) is 5.26 Å². The van der Waals surface area contributed by atoms with Crippen LogP contribution in [-0.4, -0.2) is 19.3 Å². The molecule has 0 aliphatic heterocycles. The quantitative estimate of drug-likeness (QED) is 0.639. The number of nitriles is 1. The third kappa shape index (κ3) is 4.31. The maximum atomic E-state index is 11.9. The summed E-state index contributed by atoms with van der Waals surface area (Å²) in [6.45, 7) is 1.13. The predicted molar refractivity (Wildman–Crippen MR) is 104 cm³/mol. The van der Waals surface area contributed by atoms with Gasteiger partial charge in [0.25, 0.3) is 10.0 Å². The minimum atomic E-state index is -3.87. The van der Waals surface area contributed by atoms with Crippen LogP contribution in [-0.2, 0) is 14.8 Å². The van der Waals surface area contributed by atoms with Crippen molar-refractivity contribution < 1.29 is 13.2 Å². The van der Waals surface area contributed by atoms with Crippen molar-refractivity contribution in [3.63, 3.8) is 0 Å². The van der Waals surface area contributed by atoms with Gasteiger partial charge in [-0.05, 0) is 36.4 Å². The zero-order valence-electron chi connectivity index (χ0n) is 14.1. The molecule has 0 spiro atoms. The highest BCUT2D eigenvalue weighted by Crippen LogP contribution is 2.26. The SMILES string of the molecule is CC(=O)NS(=O)(=O)c1ccc(NC=C(C#N)c2nc3ccccc3s2)cc1. The number of rotatable bonds is 5. The van der Waals surface area contributed by atoms with E-state index in [0.717, 1.165) is 17.1 Å². The number of aromatic nitrogens is 1. The van der Waals surface area contributed by atoms with Gasteiger partial charge >= 0.3 is 0 Å². The molecule has 0 saturated heterocycles. The minimum absolute atomic E-state index is 0.0288. The van der Waals surface area contributed by atoms with E-state index in [2.05, 4.69) is 16.4 Å². The van der Waals surface area contributed by atoms with Crippen molar-refractivity contribution >= 4 is 48.7 Å². The van der Waals surface area contributed by atoms with Crippen molar-refractivity contribution in [2.24, 2.45) is 0 Å². The number of hydrogen-bond acceptors (Lipinski definition) is 7. The molecule has 1 aromatic heterocycles. The van der Waals surface area contributed by atoms with Gasteiger partial charge in [0, 0.05) is 18.8 Å². The average molecular weight is 398 g/mol. The molecule has 0 unspecified atom stereocenters. The van der Waals surface area contributed by atoms with E-state index in [1.165, 1.54) is 29.7 Å². The van der Waals surface area contributed by atoms with Crippen molar-refractivity contribution in [2.45, 2.75) is 11.8 Å². The summed E-state index contributed by atoms with van der Waals surface area (Å²) in [7, 11) is -3.87. The second-order valence-corrected chi connectivity index (χ2v) is 8.20. The lowest BCUT2D eigenvalue weighted by atomic mass is 10.3. The normalized spacial score (nSPS) is 11.8. The summed E-state index contributed by atoms with van der Waals surface area (Å²) in [6, 6.07) is 15.5. The van der Waals surface area contributed by atoms with Crippen LogP contribution in [0.5, 0.6) is 0 Å². The lowest BCUT2D eigenvalue weighted by Crippen LogP contribution is -2.28. The molecule has 1 amide bonds. The third-order valence-corrected chi connectivity index (χ3v) is 5.99. The molecule has 136 valence electrons. The molecule has 0 aliphatic carbocycles. The topological polar surface area (TPSA) is 112 Å². The van der Waals surface area contributed by atoms with E-state index < -0.39 is 15.9 Å². The molecule has 0 radical (unpaired) electrons. The zero-order chi connectivity index (χ0) is 19.4. The van der Waals surface area contributed by atoms with Gasteiger partial charge in [0.05, 0.1) is 15.1 Å². The molecule has 0 aliphatic rings. The number of nitrogens with zero attached hydrogens (tertiary/aromatic N) is 2. The highest BCUT2D eigenvalue weighted by molar-refractivity contribution is 7.90. The summed E-state index contributed by atoms with van der Waals surface area (Å²) in [6.07, 6.45) is 1.52. The Balaban J connectivity index is 1.80. The standard InChI is InChI=1S/C18H14N4O3S2/c1-12(23)22-27(24,25)15-8-6-14(7-9-15)20-11-13(10-19)18-21-16-4-2-3-5-17(16)26-18/h2-9,11,20H,1H3,(H,22,23). The summed E-state index contributed by atoms with van der Waals surface area (Å²) in [5.41, 5.74) is 1.78. The Labute approximate surface area is 160 Å². The molecule has 3 rings (SSSR count). The number of hydrogen-bond donors (Lipinski definition) is 2. The van der Waals surface area contributed by atoms with Crippen LogP contribution < -0.4 is 10.0 Å². The molecular weight excluding hydrogens is 384 g/mol. The molecule has 0 bridgehead atoms. The number of amides is 1. The summed E-state index contributed by atoms with van der Waals surface area (Å²) < 4.78 is 26.7. The van der Waals surface area contributed by atoms with Gasteiger partial charge in [0.2, 0.25) is 5.91 Å². The van der Waals surface area contributed by atoms with Gasteiger partial charge in [0.1, 0.15) is 16.6 Å². The number of anilines is 1. The Morgan fingerprint density at radius 1 is 1.19 bits per heavy atom. The fourth-order valence-corrected chi connectivity index (χ4v) is 4.19. The van der Waals surface area contributed by atoms with Crippen molar-refractivity contribution in [3.8, 4) is 6.07 Å². The summed E-state index contributed by atoms with van der Waals surface area (Å²) in [5, 5.41) is 13.0. The fraction of sp³-hybridized carbons (Fsp3) is 0.0556. The number of sulfonamides is 1. The molecule has 7 nitrogen and oxygen atoms in total. The number of carbonyl (C=O) groups excluding carboxylic acids is 1. The monoisotopic (exact) mass is 398 g/mol. The zero-order valence-corrected chi connectivity index (χ0v) is 15.8. The first-order valence-corrected chi connectivity index (χ1v) is 10.1. The largest absolute Gasteiger partial charge is 0.360 e. The van der Waals surface area contributed by atoms with E-state index in [0.29, 0.717) is 16.3 Å². The second kappa shape index (κ2) is 7.57. The number of allylic oxidation sites excluding steroid dienone is 1. The van der Waals surface area contributed by atoms with E-state index >= 15 is 0 Å². The molecule has 3 aromatic rings. The van der Waals surface area contributed by atoms with E-state index in [1.54, 1.807) is 12.1 Å². The van der Waals surface area contributed by atoms with Crippen LogP contribution in [0.15, 0.2) is 59.6 Å². The van der Waals surface area contributed by atoms with Gasteiger partial charge < -0.3 is 5.32 Å². The van der Waals surface area contributed by atoms with E-state index in [-0.39, 0.29) is 4.90 Å². The first kappa shape index (κ1) is 18.6. The predicted octanol–water partition coefficient (Wildman–Crippen LogP) is 3.10. The molecule has 0 atom stereocenters. The van der Waals surface area contributed by atoms with Gasteiger partial charge in [-0.15, -0.1) is 11.3 Å². The van der Waals surface area contributed by atoms with Crippen LogP contribution in [0.4, 0.5) is 5.69 Å². The highest BCUT2D eigenvalue weighted by atomic mass is 32.2. The maximum Gasteiger partial charge on any atom is 0.264 e. The van der Waals surface area contributed by atoms with E-state index in [1.807, 2.05) is 29.0 Å². The Kier molecular flexibility index (Phi) is 5.21. The fourth-order valence-electron chi connectivity index (χ4n) is 2.26. The van der Waals surface area contributed by atoms with Crippen LogP contribution in [0.25, 0.3) is 15.8 Å². The molecule has 2 N–H and O–H groups in total. The minimum Gasteiger partial charge on any atom is -0.360 e. The van der Waals surface area contributed by atoms with E-state index in [9.17, 15) is 18.5 Å². The first-order chi connectivity index (χ1) is 12.9. The molecular formula is C18H14N4O3S2. The van der Waals surface area contributed by atoms with Gasteiger partial charge in [0.15, 0.2) is 0 Å². The Bertz CT molecular complexity index is 1140. The molecule has 9 heteroatoms. The van der Waals surface area contributed by atoms with Crippen molar-refractivity contribution in [2.75, 3.05) is 5.32 Å². The van der Waals surface area contributed by atoms with Crippen LogP contribution in [0.1, 0.15) is 11.9 Å². The number of benzene rings is 2. The first-order valence-electron chi connectivity index (χ1n) is 7.75. The smallest absolute Gasteiger partial charge is 0.264 e. The van der Waals surface area contributed by atoms with Gasteiger partial charge in [-0.1, -0.05) is 12.1 Å². The van der Waals surface area contributed by atoms with Gasteiger partial charge in [-0.3, -0.25) is 4.79 Å². The van der Waals surface area contributed by atoms with Crippen molar-refractivity contribution in [1.82, 2.24) is 9.71 Å². The number of thiazole rings is 1. The highest BCUT2D eigenvalue weighted by Gasteiger charge is 2.15.